The molecule has 1 unspecified atom stereocenters. The van der Waals surface area contributed by atoms with Gasteiger partial charge in [0.05, 0.1) is 5.75 Å². The van der Waals surface area contributed by atoms with E-state index in [1.807, 2.05) is 14.0 Å². The number of nitrogens with zero attached hydrogens (tertiary/aromatic N) is 1. The summed E-state index contributed by atoms with van der Waals surface area (Å²) in [6.45, 7) is 3.37. The van der Waals surface area contributed by atoms with Crippen molar-refractivity contribution in [3.8, 4) is 0 Å². The number of hydrogen-bond acceptors (Lipinski definition) is 3. The van der Waals surface area contributed by atoms with E-state index in [4.69, 9.17) is 0 Å². The van der Waals surface area contributed by atoms with E-state index < -0.39 is 10.0 Å². The van der Waals surface area contributed by atoms with Crippen LogP contribution in [0.15, 0.2) is 0 Å². The molecule has 1 aliphatic rings. The van der Waals surface area contributed by atoms with Crippen LogP contribution in [0.2, 0.25) is 0 Å². The summed E-state index contributed by atoms with van der Waals surface area (Å²) < 4.78 is 25.3. The zero-order chi connectivity index (χ0) is 10.6. The second-order valence-electron chi connectivity index (χ2n) is 3.78. The molecule has 4 nitrogen and oxygen atoms in total. The number of rotatable bonds is 5. The van der Waals surface area contributed by atoms with E-state index in [2.05, 4.69) is 5.32 Å². The zero-order valence-corrected chi connectivity index (χ0v) is 9.81. The lowest BCUT2D eigenvalue weighted by atomic mass is 10.2. The van der Waals surface area contributed by atoms with Crippen LogP contribution < -0.4 is 5.32 Å². The fraction of sp³-hybridized carbons (Fsp3) is 1.00. The third-order valence-corrected chi connectivity index (χ3v) is 4.70. The van der Waals surface area contributed by atoms with Gasteiger partial charge in [0.1, 0.15) is 0 Å². The Balaban J connectivity index is 2.66. The summed E-state index contributed by atoms with van der Waals surface area (Å²) in [6.07, 6.45) is 2.68. The second kappa shape index (κ2) is 5.09. The van der Waals surface area contributed by atoms with E-state index >= 15 is 0 Å². The normalized spacial score (nSPS) is 24.3. The lowest BCUT2D eigenvalue weighted by Gasteiger charge is -2.23. The molecule has 5 heteroatoms. The molecule has 0 aromatic rings. The molecule has 0 spiro atoms. The second-order valence-corrected chi connectivity index (χ2v) is 5.82. The molecule has 1 N–H and O–H groups in total. The van der Waals surface area contributed by atoms with Gasteiger partial charge in [-0.25, -0.2) is 8.42 Å². The Labute approximate surface area is 86.7 Å². The first-order valence-corrected chi connectivity index (χ1v) is 6.87. The third-order valence-electron chi connectivity index (χ3n) is 2.58. The highest BCUT2D eigenvalue weighted by atomic mass is 32.2. The zero-order valence-electron chi connectivity index (χ0n) is 8.99. The fourth-order valence-corrected chi connectivity index (χ4v) is 3.78. The van der Waals surface area contributed by atoms with Gasteiger partial charge >= 0.3 is 0 Å². The molecule has 0 aliphatic carbocycles. The number of nitrogens with one attached hydrogen (secondary N) is 1. The molecule has 1 aliphatic heterocycles. The number of likely N-dealkylation sites (N-methyl/N-ethyl adjacent to an activating group) is 1. The van der Waals surface area contributed by atoms with Crippen molar-refractivity contribution >= 4 is 10.0 Å². The standard InChI is InChI=1S/C9H20N2O2S/c1-3-7-14(12,13)11-6-4-5-9(11)8-10-2/h9-10H,3-8H2,1-2H3. The van der Waals surface area contributed by atoms with Gasteiger partial charge in [-0.05, 0) is 26.3 Å². The molecule has 0 bridgehead atoms. The fourth-order valence-electron chi connectivity index (χ4n) is 1.99. The summed E-state index contributed by atoms with van der Waals surface area (Å²) in [7, 11) is -1.12. The van der Waals surface area contributed by atoms with Crippen molar-refractivity contribution in [2.24, 2.45) is 0 Å². The van der Waals surface area contributed by atoms with Crippen LogP contribution >= 0.6 is 0 Å². The number of sulfonamides is 1. The van der Waals surface area contributed by atoms with Gasteiger partial charge in [-0.2, -0.15) is 4.31 Å². The van der Waals surface area contributed by atoms with Crippen LogP contribution in [0.1, 0.15) is 26.2 Å². The van der Waals surface area contributed by atoms with Crippen molar-refractivity contribution in [2.45, 2.75) is 32.2 Å². The summed E-state index contributed by atoms with van der Waals surface area (Å²) in [6, 6.07) is 0.177. The molecular weight excluding hydrogens is 200 g/mol. The minimum absolute atomic E-state index is 0.177. The molecule has 0 radical (unpaired) electrons. The maximum Gasteiger partial charge on any atom is 0.214 e. The van der Waals surface area contributed by atoms with Crippen molar-refractivity contribution in [3.63, 3.8) is 0 Å². The quantitative estimate of drug-likeness (QED) is 0.730. The van der Waals surface area contributed by atoms with Crippen molar-refractivity contribution in [2.75, 3.05) is 25.9 Å². The maximum absolute atomic E-state index is 11.8. The van der Waals surface area contributed by atoms with Gasteiger partial charge in [0.2, 0.25) is 10.0 Å². The molecule has 0 saturated carbocycles. The Morgan fingerprint density at radius 1 is 1.50 bits per heavy atom. The topological polar surface area (TPSA) is 49.4 Å². The van der Waals surface area contributed by atoms with E-state index in [1.165, 1.54) is 0 Å². The van der Waals surface area contributed by atoms with Crippen LogP contribution in [0.4, 0.5) is 0 Å². The summed E-state index contributed by atoms with van der Waals surface area (Å²) in [5, 5.41) is 3.05. The smallest absolute Gasteiger partial charge is 0.214 e. The highest BCUT2D eigenvalue weighted by molar-refractivity contribution is 7.89. The average molecular weight is 220 g/mol. The van der Waals surface area contributed by atoms with E-state index in [1.54, 1.807) is 4.31 Å². The van der Waals surface area contributed by atoms with Crippen molar-refractivity contribution in [1.82, 2.24) is 9.62 Å². The molecule has 1 atom stereocenters. The van der Waals surface area contributed by atoms with Gasteiger partial charge in [0, 0.05) is 19.1 Å². The van der Waals surface area contributed by atoms with Crippen LogP contribution in [-0.2, 0) is 10.0 Å². The molecular formula is C9H20N2O2S. The Kier molecular flexibility index (Phi) is 4.34. The van der Waals surface area contributed by atoms with Crippen molar-refractivity contribution in [1.29, 1.82) is 0 Å². The van der Waals surface area contributed by atoms with E-state index in [0.29, 0.717) is 13.0 Å². The van der Waals surface area contributed by atoms with Crippen LogP contribution in [0.5, 0.6) is 0 Å². The lowest BCUT2D eigenvalue weighted by Crippen LogP contribution is -2.41. The van der Waals surface area contributed by atoms with E-state index in [0.717, 1.165) is 19.4 Å². The van der Waals surface area contributed by atoms with E-state index in [-0.39, 0.29) is 11.8 Å². The van der Waals surface area contributed by atoms with Gasteiger partial charge in [0.25, 0.3) is 0 Å². The van der Waals surface area contributed by atoms with Gasteiger partial charge in [-0.15, -0.1) is 0 Å². The van der Waals surface area contributed by atoms with E-state index in [9.17, 15) is 8.42 Å². The highest BCUT2D eigenvalue weighted by Gasteiger charge is 2.32. The summed E-state index contributed by atoms with van der Waals surface area (Å²) in [5.41, 5.74) is 0. The number of hydrogen-bond donors (Lipinski definition) is 1. The average Bonchev–Trinajstić information content (AvgIpc) is 2.53. The Bertz CT molecular complexity index is 264. The first-order chi connectivity index (χ1) is 6.61. The molecule has 0 amide bonds. The molecule has 1 heterocycles. The van der Waals surface area contributed by atoms with Crippen LogP contribution in [0, 0.1) is 0 Å². The lowest BCUT2D eigenvalue weighted by molar-refractivity contribution is 0.379. The van der Waals surface area contributed by atoms with Crippen LogP contribution in [0.25, 0.3) is 0 Å². The molecule has 14 heavy (non-hydrogen) atoms. The SMILES string of the molecule is CCCS(=O)(=O)N1CCCC1CNC. The van der Waals surface area contributed by atoms with Gasteiger partial charge in [0.15, 0.2) is 0 Å². The first-order valence-electron chi connectivity index (χ1n) is 5.26. The maximum atomic E-state index is 11.8. The largest absolute Gasteiger partial charge is 0.318 e. The molecule has 1 saturated heterocycles. The highest BCUT2D eigenvalue weighted by Crippen LogP contribution is 2.21. The predicted octanol–water partition coefficient (Wildman–Crippen LogP) is 0.410. The van der Waals surface area contributed by atoms with Crippen molar-refractivity contribution < 1.29 is 8.42 Å². The molecule has 0 aromatic heterocycles. The molecule has 1 rings (SSSR count). The molecule has 0 aromatic carbocycles. The Morgan fingerprint density at radius 2 is 2.21 bits per heavy atom. The summed E-state index contributed by atoms with van der Waals surface area (Å²) >= 11 is 0. The molecule has 84 valence electrons. The van der Waals surface area contributed by atoms with Crippen molar-refractivity contribution in [3.05, 3.63) is 0 Å². The van der Waals surface area contributed by atoms with Crippen LogP contribution in [-0.4, -0.2) is 44.7 Å². The monoisotopic (exact) mass is 220 g/mol. The molecule has 1 fully saturated rings. The predicted molar refractivity (Wildman–Crippen MR) is 57.7 cm³/mol. The Morgan fingerprint density at radius 3 is 2.79 bits per heavy atom. The minimum Gasteiger partial charge on any atom is -0.318 e. The Hall–Kier alpha value is -0.130. The summed E-state index contributed by atoms with van der Waals surface area (Å²) in [5.74, 6) is 0.285. The first kappa shape index (κ1) is 11.9. The van der Waals surface area contributed by atoms with Crippen LogP contribution in [0.3, 0.4) is 0 Å². The minimum atomic E-state index is -2.99. The van der Waals surface area contributed by atoms with Gasteiger partial charge < -0.3 is 5.32 Å². The summed E-state index contributed by atoms with van der Waals surface area (Å²) in [4.78, 5) is 0. The van der Waals surface area contributed by atoms with Gasteiger partial charge in [-0.3, -0.25) is 0 Å². The van der Waals surface area contributed by atoms with Gasteiger partial charge in [-0.1, -0.05) is 6.92 Å². The third kappa shape index (κ3) is 2.68.